The lowest BCUT2D eigenvalue weighted by molar-refractivity contribution is -0.115. The number of amides is 1. The van der Waals surface area contributed by atoms with Crippen molar-refractivity contribution in [3.8, 4) is 5.75 Å². The molecule has 4 aromatic rings. The molecule has 0 aliphatic rings. The lowest BCUT2D eigenvalue weighted by Crippen LogP contribution is -2.16. The first-order chi connectivity index (χ1) is 14.4. The summed E-state index contributed by atoms with van der Waals surface area (Å²) in [6.07, 6.45) is 0.261. The SMILES string of the molecule is COc1cc2c(cc1NC(=O)Cc1c(C)nn(CC(C)C)c1C)oc1ccccc12. The molecule has 0 aliphatic heterocycles. The third kappa shape index (κ3) is 3.65. The van der Waals surface area contributed by atoms with Crippen LogP contribution in [0.2, 0.25) is 0 Å². The Balaban J connectivity index is 1.62. The highest BCUT2D eigenvalue weighted by atomic mass is 16.5. The van der Waals surface area contributed by atoms with Gasteiger partial charge in [0.05, 0.1) is 24.9 Å². The minimum Gasteiger partial charge on any atom is -0.495 e. The van der Waals surface area contributed by atoms with Crippen molar-refractivity contribution in [3.05, 3.63) is 53.3 Å². The van der Waals surface area contributed by atoms with Gasteiger partial charge in [-0.3, -0.25) is 9.48 Å². The molecule has 0 saturated heterocycles. The number of ether oxygens (including phenoxy) is 1. The number of para-hydroxylation sites is 1. The van der Waals surface area contributed by atoms with Gasteiger partial charge in [-0.2, -0.15) is 5.10 Å². The minimum atomic E-state index is -0.112. The number of nitrogens with one attached hydrogen (secondary N) is 1. The van der Waals surface area contributed by atoms with Crippen molar-refractivity contribution in [2.45, 2.75) is 40.7 Å². The predicted molar refractivity (Wildman–Crippen MR) is 119 cm³/mol. The fraction of sp³-hybridized carbons (Fsp3) is 0.333. The van der Waals surface area contributed by atoms with E-state index >= 15 is 0 Å². The zero-order chi connectivity index (χ0) is 21.4. The molecule has 1 amide bonds. The molecular weight excluding hydrogens is 378 g/mol. The third-order valence-corrected chi connectivity index (χ3v) is 5.38. The summed E-state index contributed by atoms with van der Waals surface area (Å²) in [5.41, 5.74) is 5.01. The van der Waals surface area contributed by atoms with Crippen molar-refractivity contribution >= 4 is 33.5 Å². The molecule has 2 heterocycles. The van der Waals surface area contributed by atoms with E-state index < -0.39 is 0 Å². The highest BCUT2D eigenvalue weighted by molar-refractivity contribution is 6.07. The number of hydrogen-bond donors (Lipinski definition) is 1. The first-order valence-corrected chi connectivity index (χ1v) is 10.2. The van der Waals surface area contributed by atoms with Crippen LogP contribution in [0.25, 0.3) is 21.9 Å². The van der Waals surface area contributed by atoms with E-state index in [0.717, 1.165) is 39.9 Å². The topological polar surface area (TPSA) is 69.3 Å². The van der Waals surface area contributed by atoms with Gasteiger partial charge >= 0.3 is 0 Å². The summed E-state index contributed by atoms with van der Waals surface area (Å²) in [5.74, 6) is 0.981. The fourth-order valence-electron chi connectivity index (χ4n) is 3.89. The highest BCUT2D eigenvalue weighted by Gasteiger charge is 2.18. The predicted octanol–water partition coefficient (Wildman–Crippen LogP) is 5.25. The van der Waals surface area contributed by atoms with Crippen LogP contribution in [0.3, 0.4) is 0 Å². The number of nitrogens with zero attached hydrogens (tertiary/aromatic N) is 2. The van der Waals surface area contributed by atoms with Crippen LogP contribution in [0.4, 0.5) is 5.69 Å². The van der Waals surface area contributed by atoms with Crippen molar-refractivity contribution in [1.82, 2.24) is 9.78 Å². The molecule has 0 radical (unpaired) electrons. The average Bonchev–Trinajstić information content (AvgIpc) is 3.18. The highest BCUT2D eigenvalue weighted by Crippen LogP contribution is 2.36. The van der Waals surface area contributed by atoms with Crippen molar-refractivity contribution in [2.75, 3.05) is 12.4 Å². The molecule has 0 spiro atoms. The average molecular weight is 405 g/mol. The lowest BCUT2D eigenvalue weighted by atomic mass is 10.1. The van der Waals surface area contributed by atoms with Gasteiger partial charge in [0.2, 0.25) is 5.91 Å². The van der Waals surface area contributed by atoms with E-state index in [2.05, 4.69) is 24.3 Å². The Morgan fingerprint density at radius 2 is 1.93 bits per heavy atom. The summed E-state index contributed by atoms with van der Waals surface area (Å²) in [4.78, 5) is 12.9. The van der Waals surface area contributed by atoms with Crippen molar-refractivity contribution in [3.63, 3.8) is 0 Å². The summed E-state index contributed by atoms with van der Waals surface area (Å²) in [6.45, 7) is 9.12. The van der Waals surface area contributed by atoms with E-state index in [9.17, 15) is 4.79 Å². The smallest absolute Gasteiger partial charge is 0.229 e. The Hall–Kier alpha value is -3.28. The van der Waals surface area contributed by atoms with Crippen LogP contribution in [0.1, 0.15) is 30.8 Å². The molecule has 0 atom stereocenters. The van der Waals surface area contributed by atoms with Crippen LogP contribution in [0.5, 0.6) is 5.75 Å². The number of fused-ring (bicyclic) bond motifs is 3. The fourth-order valence-corrected chi connectivity index (χ4v) is 3.89. The summed E-state index contributed by atoms with van der Waals surface area (Å²) in [5, 5.41) is 9.58. The van der Waals surface area contributed by atoms with E-state index in [1.54, 1.807) is 7.11 Å². The van der Waals surface area contributed by atoms with Gasteiger partial charge in [0.15, 0.2) is 0 Å². The van der Waals surface area contributed by atoms with E-state index in [1.807, 2.05) is 54.9 Å². The van der Waals surface area contributed by atoms with Gasteiger partial charge in [-0.25, -0.2) is 0 Å². The number of benzene rings is 2. The van der Waals surface area contributed by atoms with Crippen LogP contribution in [0, 0.1) is 19.8 Å². The summed E-state index contributed by atoms with van der Waals surface area (Å²) in [7, 11) is 1.60. The normalized spacial score (nSPS) is 11.5. The number of hydrogen-bond acceptors (Lipinski definition) is 4. The summed E-state index contributed by atoms with van der Waals surface area (Å²) < 4.78 is 13.5. The molecule has 30 heavy (non-hydrogen) atoms. The van der Waals surface area contributed by atoms with Gasteiger partial charge in [0, 0.05) is 34.6 Å². The van der Waals surface area contributed by atoms with Crippen LogP contribution >= 0.6 is 0 Å². The standard InChI is InChI=1S/C24H27N3O3/c1-14(2)13-27-16(4)18(15(3)26-27)11-24(28)25-20-12-22-19(10-23(20)29-5)17-8-6-7-9-21(17)30-22/h6-10,12,14H,11,13H2,1-5H3,(H,25,28). The van der Waals surface area contributed by atoms with E-state index in [4.69, 9.17) is 9.15 Å². The molecule has 0 bridgehead atoms. The third-order valence-electron chi connectivity index (χ3n) is 5.38. The van der Waals surface area contributed by atoms with Gasteiger partial charge < -0.3 is 14.5 Å². The number of carbonyl (C=O) groups excluding carboxylic acids is 1. The molecule has 156 valence electrons. The molecule has 0 aliphatic carbocycles. The maximum Gasteiger partial charge on any atom is 0.229 e. The summed E-state index contributed by atoms with van der Waals surface area (Å²) >= 11 is 0. The largest absolute Gasteiger partial charge is 0.495 e. The van der Waals surface area contributed by atoms with E-state index in [0.29, 0.717) is 22.9 Å². The molecule has 6 nitrogen and oxygen atoms in total. The zero-order valence-corrected chi connectivity index (χ0v) is 18.1. The van der Waals surface area contributed by atoms with E-state index in [1.165, 1.54) is 0 Å². The Labute approximate surface area is 175 Å². The molecule has 1 N–H and O–H groups in total. The van der Waals surface area contributed by atoms with Crippen LogP contribution in [-0.4, -0.2) is 22.8 Å². The van der Waals surface area contributed by atoms with Gasteiger partial charge in [-0.1, -0.05) is 32.0 Å². The maximum atomic E-state index is 12.9. The van der Waals surface area contributed by atoms with Crippen LogP contribution in [0.15, 0.2) is 40.8 Å². The molecule has 6 heteroatoms. The molecular formula is C24H27N3O3. The van der Waals surface area contributed by atoms with Gasteiger partial charge in [0.25, 0.3) is 0 Å². The second kappa shape index (κ2) is 7.86. The molecule has 2 aromatic carbocycles. The maximum absolute atomic E-state index is 12.9. The van der Waals surface area contributed by atoms with Crippen molar-refractivity contribution in [2.24, 2.45) is 5.92 Å². The minimum absolute atomic E-state index is 0.112. The second-order valence-corrected chi connectivity index (χ2v) is 8.10. The van der Waals surface area contributed by atoms with Crippen molar-refractivity contribution in [1.29, 1.82) is 0 Å². The molecule has 0 unspecified atom stereocenters. The number of carbonyl (C=O) groups is 1. The lowest BCUT2D eigenvalue weighted by Gasteiger charge is -2.11. The van der Waals surface area contributed by atoms with E-state index in [-0.39, 0.29) is 12.3 Å². The van der Waals surface area contributed by atoms with Crippen LogP contribution < -0.4 is 10.1 Å². The second-order valence-electron chi connectivity index (χ2n) is 8.10. The van der Waals surface area contributed by atoms with Gasteiger partial charge in [-0.05, 0) is 31.9 Å². The zero-order valence-electron chi connectivity index (χ0n) is 18.1. The number of furan rings is 1. The van der Waals surface area contributed by atoms with Gasteiger partial charge in [-0.15, -0.1) is 0 Å². The monoisotopic (exact) mass is 405 g/mol. The number of aryl methyl sites for hydroxylation is 1. The van der Waals surface area contributed by atoms with Gasteiger partial charge in [0.1, 0.15) is 16.9 Å². The molecule has 4 rings (SSSR count). The Morgan fingerprint density at radius 3 is 2.67 bits per heavy atom. The Bertz CT molecular complexity index is 1230. The number of rotatable bonds is 6. The first kappa shape index (κ1) is 20.0. The van der Waals surface area contributed by atoms with Crippen LogP contribution in [-0.2, 0) is 17.8 Å². The molecule has 0 saturated carbocycles. The molecule has 0 fully saturated rings. The first-order valence-electron chi connectivity index (χ1n) is 10.2. The number of anilines is 1. The Morgan fingerprint density at radius 1 is 1.17 bits per heavy atom. The van der Waals surface area contributed by atoms with Crippen molar-refractivity contribution < 1.29 is 13.9 Å². The quantitative estimate of drug-likeness (QED) is 0.476. The number of aromatic nitrogens is 2. The molecule has 2 aromatic heterocycles. The Kier molecular flexibility index (Phi) is 5.24. The number of methoxy groups -OCH3 is 1. The summed E-state index contributed by atoms with van der Waals surface area (Å²) in [6, 6.07) is 11.6.